The van der Waals surface area contributed by atoms with Gasteiger partial charge in [-0.25, -0.2) is 0 Å². The highest BCUT2D eigenvalue weighted by molar-refractivity contribution is 5.75. The van der Waals surface area contributed by atoms with Gasteiger partial charge in [0.15, 0.2) is 0 Å². The number of benzene rings is 1. The first-order valence-corrected chi connectivity index (χ1v) is 10.4. The standard InChI is InChI=1S/C16H24O.C8H14O/c17-16(13-11-15-8-4-5-9-15)12-10-14-6-2-1-3-7-14;1-3-4-5-6-7-8(2)9/h1-3,6-7,15-17H,4-5,8-13H2;3-4H,5-7H2,1-2H3/b;4-3-. The average molecular weight is 359 g/mol. The van der Waals surface area contributed by atoms with E-state index in [1.807, 2.05) is 19.1 Å². The van der Waals surface area contributed by atoms with Gasteiger partial charge >= 0.3 is 0 Å². The van der Waals surface area contributed by atoms with Gasteiger partial charge in [-0.2, -0.15) is 0 Å². The van der Waals surface area contributed by atoms with E-state index in [0.717, 1.165) is 44.4 Å². The first kappa shape index (κ1) is 22.6. The Morgan fingerprint density at radius 3 is 2.50 bits per heavy atom. The predicted octanol–water partition coefficient (Wildman–Crippen LogP) is 6.27. The third-order valence-corrected chi connectivity index (χ3v) is 5.13. The number of ketones is 1. The third kappa shape index (κ3) is 12.0. The summed E-state index contributed by atoms with van der Waals surface area (Å²) in [5.74, 6) is 1.20. The summed E-state index contributed by atoms with van der Waals surface area (Å²) in [6, 6.07) is 10.5. The van der Waals surface area contributed by atoms with Gasteiger partial charge in [-0.1, -0.05) is 68.2 Å². The summed E-state index contributed by atoms with van der Waals surface area (Å²) in [5, 5.41) is 9.97. The maximum Gasteiger partial charge on any atom is 0.129 e. The van der Waals surface area contributed by atoms with Crippen LogP contribution in [0.4, 0.5) is 0 Å². The van der Waals surface area contributed by atoms with Crippen molar-refractivity contribution in [2.24, 2.45) is 5.92 Å². The number of carbonyl (C=O) groups excluding carboxylic acids is 1. The lowest BCUT2D eigenvalue weighted by molar-refractivity contribution is -0.117. The van der Waals surface area contributed by atoms with E-state index < -0.39 is 0 Å². The van der Waals surface area contributed by atoms with Gasteiger partial charge in [0.25, 0.3) is 0 Å². The number of allylic oxidation sites excluding steroid dienone is 2. The molecule has 1 aliphatic rings. The molecule has 2 heteroatoms. The normalized spacial score (nSPS) is 15.7. The van der Waals surface area contributed by atoms with Crippen LogP contribution in [-0.4, -0.2) is 17.0 Å². The van der Waals surface area contributed by atoms with Crippen LogP contribution < -0.4 is 0 Å². The van der Waals surface area contributed by atoms with Gasteiger partial charge < -0.3 is 9.90 Å². The predicted molar refractivity (Wildman–Crippen MR) is 111 cm³/mol. The first-order chi connectivity index (χ1) is 12.6. The highest BCUT2D eigenvalue weighted by Gasteiger charge is 2.16. The Labute approximate surface area is 160 Å². The zero-order valence-electron chi connectivity index (χ0n) is 16.8. The molecule has 146 valence electrons. The number of hydrogen-bond donors (Lipinski definition) is 1. The summed E-state index contributed by atoms with van der Waals surface area (Å²) in [4.78, 5) is 10.4. The molecule has 0 aliphatic heterocycles. The molecule has 0 bridgehead atoms. The Morgan fingerprint density at radius 1 is 1.19 bits per heavy atom. The minimum atomic E-state index is -0.101. The molecule has 1 saturated carbocycles. The summed E-state index contributed by atoms with van der Waals surface area (Å²) in [5.41, 5.74) is 1.34. The van der Waals surface area contributed by atoms with Crippen LogP contribution in [0, 0.1) is 5.92 Å². The van der Waals surface area contributed by atoms with Gasteiger partial charge in [0.05, 0.1) is 6.10 Å². The molecule has 0 radical (unpaired) electrons. The van der Waals surface area contributed by atoms with Crippen molar-refractivity contribution in [2.45, 2.75) is 90.6 Å². The number of Topliss-reactive ketones (excluding diaryl/α,β-unsaturated/α-hetero) is 1. The fraction of sp³-hybridized carbons (Fsp3) is 0.625. The second-order valence-corrected chi connectivity index (χ2v) is 7.57. The molecule has 0 aromatic heterocycles. The van der Waals surface area contributed by atoms with E-state index in [2.05, 4.69) is 30.3 Å². The molecular weight excluding hydrogens is 320 g/mol. The molecule has 1 atom stereocenters. The molecule has 1 fully saturated rings. The number of aryl methyl sites for hydroxylation is 1. The number of unbranched alkanes of at least 4 members (excludes halogenated alkanes) is 1. The average Bonchev–Trinajstić information content (AvgIpc) is 3.17. The second-order valence-electron chi connectivity index (χ2n) is 7.57. The van der Waals surface area contributed by atoms with Crippen molar-refractivity contribution in [2.75, 3.05) is 0 Å². The van der Waals surface area contributed by atoms with Gasteiger partial charge in [-0.15, -0.1) is 0 Å². The van der Waals surface area contributed by atoms with Crippen molar-refractivity contribution in [1.82, 2.24) is 0 Å². The topological polar surface area (TPSA) is 37.3 Å². The van der Waals surface area contributed by atoms with E-state index in [4.69, 9.17) is 0 Å². The Hall–Kier alpha value is -1.41. The highest BCUT2D eigenvalue weighted by Crippen LogP contribution is 2.29. The minimum Gasteiger partial charge on any atom is -0.393 e. The van der Waals surface area contributed by atoms with E-state index in [1.165, 1.54) is 37.7 Å². The molecule has 1 aromatic carbocycles. The molecular formula is C24H38O2. The molecule has 0 spiro atoms. The summed E-state index contributed by atoms with van der Waals surface area (Å²) >= 11 is 0. The quantitative estimate of drug-likeness (QED) is 0.395. The van der Waals surface area contributed by atoms with Crippen LogP contribution in [0.25, 0.3) is 0 Å². The van der Waals surface area contributed by atoms with E-state index >= 15 is 0 Å². The molecule has 1 N–H and O–H groups in total. The molecule has 26 heavy (non-hydrogen) atoms. The van der Waals surface area contributed by atoms with Crippen LogP contribution in [0.1, 0.15) is 83.6 Å². The molecule has 2 nitrogen and oxygen atoms in total. The fourth-order valence-corrected chi connectivity index (χ4v) is 3.48. The van der Waals surface area contributed by atoms with Crippen LogP contribution in [0.3, 0.4) is 0 Å². The maximum atomic E-state index is 10.4. The molecule has 2 rings (SSSR count). The van der Waals surface area contributed by atoms with Crippen molar-refractivity contribution < 1.29 is 9.90 Å². The maximum absolute atomic E-state index is 10.4. The Bertz CT molecular complexity index is 486. The molecule has 1 unspecified atom stereocenters. The molecule has 0 heterocycles. The van der Waals surface area contributed by atoms with Gasteiger partial charge in [0.1, 0.15) is 5.78 Å². The number of aliphatic hydroxyl groups is 1. The number of hydrogen-bond acceptors (Lipinski definition) is 2. The van der Waals surface area contributed by atoms with Gasteiger partial charge in [0.2, 0.25) is 0 Å². The van der Waals surface area contributed by atoms with Gasteiger partial charge in [-0.05, 0) is 63.9 Å². The van der Waals surface area contributed by atoms with Crippen LogP contribution >= 0.6 is 0 Å². The minimum absolute atomic E-state index is 0.101. The monoisotopic (exact) mass is 358 g/mol. The van der Waals surface area contributed by atoms with Crippen molar-refractivity contribution in [3.8, 4) is 0 Å². The molecule has 1 aromatic rings. The summed E-state index contributed by atoms with van der Waals surface area (Å²) in [7, 11) is 0. The Morgan fingerprint density at radius 2 is 1.88 bits per heavy atom. The largest absolute Gasteiger partial charge is 0.393 e. The van der Waals surface area contributed by atoms with Crippen LogP contribution in [0.15, 0.2) is 42.5 Å². The van der Waals surface area contributed by atoms with E-state index in [9.17, 15) is 9.90 Å². The van der Waals surface area contributed by atoms with Gasteiger partial charge in [-0.3, -0.25) is 0 Å². The molecule has 0 amide bonds. The second kappa shape index (κ2) is 14.7. The van der Waals surface area contributed by atoms with E-state index in [-0.39, 0.29) is 6.10 Å². The summed E-state index contributed by atoms with van der Waals surface area (Å²) in [6.07, 6.45) is 16.5. The zero-order chi connectivity index (χ0) is 19.0. The van der Waals surface area contributed by atoms with Gasteiger partial charge in [0, 0.05) is 6.42 Å². The number of aliphatic hydroxyl groups excluding tert-OH is 1. The van der Waals surface area contributed by atoms with Crippen LogP contribution in [-0.2, 0) is 11.2 Å². The van der Waals surface area contributed by atoms with Crippen molar-refractivity contribution in [1.29, 1.82) is 0 Å². The van der Waals surface area contributed by atoms with Crippen LogP contribution in [0.2, 0.25) is 0 Å². The Kier molecular flexibility index (Phi) is 12.8. The molecule has 0 saturated heterocycles. The molecule has 1 aliphatic carbocycles. The summed E-state index contributed by atoms with van der Waals surface area (Å²) < 4.78 is 0. The van der Waals surface area contributed by atoms with Crippen LogP contribution in [0.5, 0.6) is 0 Å². The highest BCUT2D eigenvalue weighted by atomic mass is 16.3. The fourth-order valence-electron chi connectivity index (χ4n) is 3.48. The smallest absolute Gasteiger partial charge is 0.129 e. The Balaban J connectivity index is 0.000000321. The third-order valence-electron chi connectivity index (χ3n) is 5.13. The van der Waals surface area contributed by atoms with Crippen molar-refractivity contribution in [3.05, 3.63) is 48.0 Å². The number of rotatable bonds is 10. The summed E-state index contributed by atoms with van der Waals surface area (Å²) in [6.45, 7) is 3.63. The zero-order valence-corrected chi connectivity index (χ0v) is 16.8. The lowest BCUT2D eigenvalue weighted by Crippen LogP contribution is -2.10. The van der Waals surface area contributed by atoms with E-state index in [1.54, 1.807) is 6.92 Å². The van der Waals surface area contributed by atoms with Crippen molar-refractivity contribution >= 4 is 5.78 Å². The lowest BCUT2D eigenvalue weighted by Gasteiger charge is -2.13. The number of carbonyl (C=O) groups is 1. The lowest BCUT2D eigenvalue weighted by atomic mass is 9.97. The van der Waals surface area contributed by atoms with E-state index in [0.29, 0.717) is 5.78 Å². The first-order valence-electron chi connectivity index (χ1n) is 10.4. The SMILES string of the molecule is C/C=C\CCCC(C)=O.OC(CCc1ccccc1)CCC1CCCC1. The van der Waals surface area contributed by atoms with Crippen molar-refractivity contribution in [3.63, 3.8) is 0 Å².